The first-order valence-corrected chi connectivity index (χ1v) is 9.56. The Morgan fingerprint density at radius 1 is 1.19 bits per heavy atom. The average Bonchev–Trinajstić information content (AvgIpc) is 2.60. The summed E-state index contributed by atoms with van der Waals surface area (Å²) >= 11 is 6.16. The van der Waals surface area contributed by atoms with Gasteiger partial charge in [-0.3, -0.25) is 0 Å². The molecule has 0 saturated heterocycles. The van der Waals surface area contributed by atoms with Crippen molar-refractivity contribution in [1.82, 2.24) is 5.32 Å². The molecule has 150 valence electrons. The Morgan fingerprint density at radius 2 is 1.85 bits per heavy atom. The van der Waals surface area contributed by atoms with Gasteiger partial charge in [0.15, 0.2) is 0 Å². The van der Waals surface area contributed by atoms with E-state index < -0.39 is 11.6 Å². The molecule has 0 spiro atoms. The van der Waals surface area contributed by atoms with Gasteiger partial charge in [-0.1, -0.05) is 11.6 Å². The van der Waals surface area contributed by atoms with E-state index >= 15 is 0 Å². The van der Waals surface area contributed by atoms with Crippen LogP contribution in [0.5, 0.6) is 5.75 Å². The third kappa shape index (κ3) is 6.94. The summed E-state index contributed by atoms with van der Waals surface area (Å²) in [6, 6.07) is 4.96. The number of rotatable bonds is 5. The number of nitrogens with one attached hydrogen (secondary N) is 1. The van der Waals surface area contributed by atoms with Gasteiger partial charge in [0.25, 0.3) is 0 Å². The van der Waals surface area contributed by atoms with Crippen molar-refractivity contribution in [3.8, 4) is 5.75 Å². The van der Waals surface area contributed by atoms with E-state index in [-0.39, 0.29) is 12.1 Å². The normalized spacial score (nSPS) is 19.9. The quantitative estimate of drug-likeness (QED) is 0.735. The molecule has 0 atom stereocenters. The van der Waals surface area contributed by atoms with Crippen LogP contribution >= 0.6 is 11.6 Å². The Morgan fingerprint density at radius 3 is 2.44 bits per heavy atom. The van der Waals surface area contributed by atoms with E-state index in [1.165, 1.54) is 7.11 Å². The van der Waals surface area contributed by atoms with Crippen molar-refractivity contribution in [3.63, 3.8) is 0 Å². The van der Waals surface area contributed by atoms with Gasteiger partial charge >= 0.3 is 12.1 Å². The standard InChI is InChI=1S/C20H28ClNO5/c1-20(2,3)27-19(24)22-15-8-5-13(6-9-15)12-26-17-11-14(18(23)25-4)7-10-16(17)21/h7,10-11,13,15H,5-6,8-9,12H2,1-4H3,(H,22,24)/t13-,15+. The molecule has 1 aromatic rings. The van der Waals surface area contributed by atoms with Crippen LogP contribution in [0.2, 0.25) is 5.02 Å². The highest BCUT2D eigenvalue weighted by molar-refractivity contribution is 6.32. The Bertz CT molecular complexity index is 663. The molecule has 2 rings (SSSR count). The summed E-state index contributed by atoms with van der Waals surface area (Å²) in [6.45, 7) is 6.06. The van der Waals surface area contributed by atoms with Crippen molar-refractivity contribution in [1.29, 1.82) is 0 Å². The number of benzene rings is 1. The van der Waals surface area contributed by atoms with Crippen LogP contribution in [0.4, 0.5) is 4.79 Å². The Balaban J connectivity index is 1.80. The number of alkyl carbamates (subject to hydrolysis) is 1. The Hall–Kier alpha value is -1.95. The predicted molar refractivity (Wildman–Crippen MR) is 103 cm³/mol. The molecule has 0 bridgehead atoms. The molecule has 0 heterocycles. The minimum absolute atomic E-state index is 0.127. The average molecular weight is 398 g/mol. The number of esters is 1. The second kappa shape index (κ2) is 9.31. The van der Waals surface area contributed by atoms with Gasteiger partial charge < -0.3 is 19.5 Å². The lowest BCUT2D eigenvalue weighted by Crippen LogP contribution is -2.41. The third-order valence-corrected chi connectivity index (χ3v) is 4.71. The van der Waals surface area contributed by atoms with Crippen LogP contribution < -0.4 is 10.1 Å². The van der Waals surface area contributed by atoms with E-state index in [0.29, 0.717) is 28.9 Å². The van der Waals surface area contributed by atoms with E-state index in [1.807, 2.05) is 20.8 Å². The molecule has 6 nitrogen and oxygen atoms in total. The van der Waals surface area contributed by atoms with E-state index in [2.05, 4.69) is 5.32 Å². The highest BCUT2D eigenvalue weighted by Gasteiger charge is 2.25. The molecule has 1 aliphatic rings. The molecule has 1 aromatic carbocycles. The highest BCUT2D eigenvalue weighted by atomic mass is 35.5. The summed E-state index contributed by atoms with van der Waals surface area (Å²) < 4.78 is 15.9. The molecule has 1 amide bonds. The number of carbonyl (C=O) groups excluding carboxylic acids is 2. The van der Waals surface area contributed by atoms with Crippen molar-refractivity contribution in [2.45, 2.75) is 58.1 Å². The molecule has 0 aliphatic heterocycles. The van der Waals surface area contributed by atoms with E-state index in [0.717, 1.165) is 25.7 Å². The number of ether oxygens (including phenoxy) is 3. The first-order valence-electron chi connectivity index (χ1n) is 9.18. The van der Waals surface area contributed by atoms with E-state index in [9.17, 15) is 9.59 Å². The number of hydrogen-bond acceptors (Lipinski definition) is 5. The van der Waals surface area contributed by atoms with Crippen molar-refractivity contribution in [2.24, 2.45) is 5.92 Å². The molecule has 0 radical (unpaired) electrons. The maximum absolute atomic E-state index is 11.9. The predicted octanol–water partition coefficient (Wildman–Crippen LogP) is 4.59. The van der Waals surface area contributed by atoms with Crippen LogP contribution in [0, 0.1) is 5.92 Å². The molecular weight excluding hydrogens is 370 g/mol. The van der Waals surface area contributed by atoms with Crippen LogP contribution in [0.1, 0.15) is 56.8 Å². The summed E-state index contributed by atoms with van der Waals surface area (Å²) in [6.07, 6.45) is 3.27. The molecule has 1 saturated carbocycles. The summed E-state index contributed by atoms with van der Waals surface area (Å²) in [4.78, 5) is 23.5. The fourth-order valence-corrected chi connectivity index (χ4v) is 3.19. The van der Waals surface area contributed by atoms with Gasteiger partial charge in [0.1, 0.15) is 11.4 Å². The van der Waals surface area contributed by atoms with Gasteiger partial charge in [0, 0.05) is 6.04 Å². The minimum Gasteiger partial charge on any atom is -0.492 e. The topological polar surface area (TPSA) is 73.9 Å². The van der Waals surface area contributed by atoms with Crippen molar-refractivity contribution >= 4 is 23.7 Å². The summed E-state index contributed by atoms with van der Waals surface area (Å²) in [5, 5.41) is 3.39. The van der Waals surface area contributed by atoms with Gasteiger partial charge in [-0.2, -0.15) is 0 Å². The highest BCUT2D eigenvalue weighted by Crippen LogP contribution is 2.29. The zero-order valence-corrected chi connectivity index (χ0v) is 17.1. The summed E-state index contributed by atoms with van der Waals surface area (Å²) in [7, 11) is 1.33. The summed E-state index contributed by atoms with van der Waals surface area (Å²) in [5.41, 5.74) is -0.0881. The number of methoxy groups -OCH3 is 1. The maximum atomic E-state index is 11.9. The maximum Gasteiger partial charge on any atom is 0.407 e. The molecule has 7 heteroatoms. The molecular formula is C20H28ClNO5. The van der Waals surface area contributed by atoms with Crippen molar-refractivity contribution < 1.29 is 23.8 Å². The zero-order valence-electron chi connectivity index (χ0n) is 16.3. The van der Waals surface area contributed by atoms with Crippen molar-refractivity contribution in [3.05, 3.63) is 28.8 Å². The van der Waals surface area contributed by atoms with Gasteiger partial charge in [0.05, 0.1) is 24.3 Å². The molecule has 27 heavy (non-hydrogen) atoms. The van der Waals surface area contributed by atoms with Crippen LogP contribution in [0.3, 0.4) is 0 Å². The van der Waals surface area contributed by atoms with E-state index in [4.69, 9.17) is 25.8 Å². The smallest absolute Gasteiger partial charge is 0.407 e. The minimum atomic E-state index is -0.493. The lowest BCUT2D eigenvalue weighted by molar-refractivity contribution is 0.0482. The molecule has 0 aromatic heterocycles. The monoisotopic (exact) mass is 397 g/mol. The number of amides is 1. The number of carbonyl (C=O) groups is 2. The van der Waals surface area contributed by atoms with Gasteiger partial charge in [0.2, 0.25) is 0 Å². The lowest BCUT2D eigenvalue weighted by atomic mass is 9.86. The Labute approximate surface area is 165 Å². The SMILES string of the molecule is COC(=O)c1ccc(Cl)c(OC[C@H]2CC[C@@H](NC(=O)OC(C)(C)C)CC2)c1. The second-order valence-corrected chi connectivity index (χ2v) is 8.22. The van der Waals surface area contributed by atoms with Crippen LogP contribution in [-0.4, -0.2) is 37.4 Å². The third-order valence-electron chi connectivity index (χ3n) is 4.39. The number of halogens is 1. The van der Waals surface area contributed by atoms with E-state index in [1.54, 1.807) is 18.2 Å². The second-order valence-electron chi connectivity index (χ2n) is 7.81. The largest absolute Gasteiger partial charge is 0.492 e. The zero-order chi connectivity index (χ0) is 20.0. The first kappa shape index (κ1) is 21.4. The summed E-state index contributed by atoms with van der Waals surface area (Å²) in [5.74, 6) is 0.429. The molecule has 1 fully saturated rings. The van der Waals surface area contributed by atoms with Crippen molar-refractivity contribution in [2.75, 3.05) is 13.7 Å². The van der Waals surface area contributed by atoms with Gasteiger partial charge in [-0.15, -0.1) is 0 Å². The van der Waals surface area contributed by atoms with Crippen LogP contribution in [-0.2, 0) is 9.47 Å². The van der Waals surface area contributed by atoms with Crippen LogP contribution in [0.25, 0.3) is 0 Å². The molecule has 1 aliphatic carbocycles. The van der Waals surface area contributed by atoms with Gasteiger partial charge in [-0.05, 0) is 70.6 Å². The van der Waals surface area contributed by atoms with Gasteiger partial charge in [-0.25, -0.2) is 9.59 Å². The Kier molecular flexibility index (Phi) is 7.36. The number of hydrogen-bond donors (Lipinski definition) is 1. The fraction of sp³-hybridized carbons (Fsp3) is 0.600. The fourth-order valence-electron chi connectivity index (χ4n) is 3.01. The first-order chi connectivity index (χ1) is 12.7. The lowest BCUT2D eigenvalue weighted by Gasteiger charge is -2.30. The molecule has 0 unspecified atom stereocenters. The molecule has 1 N–H and O–H groups in total. The van der Waals surface area contributed by atoms with Crippen LogP contribution in [0.15, 0.2) is 18.2 Å².